The molecule has 0 N–H and O–H groups in total. The van der Waals surface area contributed by atoms with Gasteiger partial charge in [0.25, 0.3) is 5.56 Å². The molecule has 0 saturated carbocycles. The SMILES string of the molecule is CC(=O)CSc1nnc(-c2ccccc2Cl)n1-c1c(C)n(C)n(-c2ccccc2)c1=O. The average Bonchev–Trinajstić information content (AvgIpc) is 3.25. The molecule has 0 aliphatic rings. The van der Waals surface area contributed by atoms with E-state index in [4.69, 9.17) is 11.6 Å². The summed E-state index contributed by atoms with van der Waals surface area (Å²) in [6.07, 6.45) is 0. The Balaban J connectivity index is 2.00. The number of para-hydroxylation sites is 1. The van der Waals surface area contributed by atoms with E-state index >= 15 is 0 Å². The van der Waals surface area contributed by atoms with Crippen LogP contribution in [0.3, 0.4) is 0 Å². The molecule has 0 aliphatic carbocycles. The molecule has 0 amide bonds. The summed E-state index contributed by atoms with van der Waals surface area (Å²) in [6.45, 7) is 3.38. The van der Waals surface area contributed by atoms with Gasteiger partial charge in [-0.25, -0.2) is 4.68 Å². The van der Waals surface area contributed by atoms with Crippen LogP contribution in [0.4, 0.5) is 0 Å². The Morgan fingerprint density at radius 3 is 2.42 bits per heavy atom. The van der Waals surface area contributed by atoms with Crippen LogP contribution in [0.15, 0.2) is 64.5 Å². The van der Waals surface area contributed by atoms with Crippen LogP contribution < -0.4 is 5.56 Å². The molecule has 31 heavy (non-hydrogen) atoms. The topological polar surface area (TPSA) is 74.7 Å². The van der Waals surface area contributed by atoms with Gasteiger partial charge in [-0.15, -0.1) is 10.2 Å². The molecule has 9 heteroatoms. The van der Waals surface area contributed by atoms with Crippen molar-refractivity contribution in [2.24, 2.45) is 7.05 Å². The molecule has 0 radical (unpaired) electrons. The van der Waals surface area contributed by atoms with Gasteiger partial charge in [-0.1, -0.05) is 53.7 Å². The van der Waals surface area contributed by atoms with Gasteiger partial charge in [-0.2, -0.15) is 0 Å². The van der Waals surface area contributed by atoms with Crippen LogP contribution in [0, 0.1) is 6.92 Å². The fourth-order valence-electron chi connectivity index (χ4n) is 3.36. The zero-order chi connectivity index (χ0) is 22.1. The summed E-state index contributed by atoms with van der Waals surface area (Å²) in [7, 11) is 1.83. The van der Waals surface area contributed by atoms with E-state index in [1.807, 2.05) is 62.5 Å². The molecule has 2 aromatic heterocycles. The molecular formula is C22H20ClN5O2S. The minimum Gasteiger partial charge on any atom is -0.299 e. The van der Waals surface area contributed by atoms with E-state index in [0.717, 1.165) is 11.4 Å². The van der Waals surface area contributed by atoms with Crippen molar-refractivity contribution in [2.75, 3.05) is 5.75 Å². The van der Waals surface area contributed by atoms with E-state index in [2.05, 4.69) is 10.2 Å². The summed E-state index contributed by atoms with van der Waals surface area (Å²) < 4.78 is 5.09. The van der Waals surface area contributed by atoms with Crippen molar-refractivity contribution in [3.63, 3.8) is 0 Å². The maximum Gasteiger partial charge on any atom is 0.296 e. The predicted octanol–water partition coefficient (Wildman–Crippen LogP) is 4.07. The third-order valence-corrected chi connectivity index (χ3v) is 6.30. The lowest BCUT2D eigenvalue weighted by Crippen LogP contribution is -2.22. The number of halogens is 1. The van der Waals surface area contributed by atoms with Crippen molar-refractivity contribution in [1.82, 2.24) is 24.1 Å². The van der Waals surface area contributed by atoms with Crippen LogP contribution in [-0.4, -0.2) is 35.7 Å². The quantitative estimate of drug-likeness (QED) is 0.411. The van der Waals surface area contributed by atoms with Crippen LogP contribution in [0.25, 0.3) is 22.8 Å². The molecular weight excluding hydrogens is 434 g/mol. The second-order valence-corrected chi connectivity index (χ2v) is 8.37. The van der Waals surface area contributed by atoms with Crippen molar-refractivity contribution in [1.29, 1.82) is 0 Å². The third-order valence-electron chi connectivity index (χ3n) is 4.90. The lowest BCUT2D eigenvalue weighted by atomic mass is 10.2. The number of nitrogens with zero attached hydrogens (tertiary/aromatic N) is 5. The molecule has 4 rings (SSSR count). The molecule has 2 aromatic carbocycles. The standard InChI is InChI=1S/C22H20ClN5O2S/c1-14(29)13-31-22-25-24-20(17-11-7-8-12-18(17)23)27(22)19-15(2)26(3)28(21(19)30)16-9-5-4-6-10-16/h4-12H,13H2,1-3H3. The minimum atomic E-state index is -0.219. The van der Waals surface area contributed by atoms with Crippen molar-refractivity contribution in [2.45, 2.75) is 19.0 Å². The first-order chi connectivity index (χ1) is 14.9. The van der Waals surface area contributed by atoms with Gasteiger partial charge in [0, 0.05) is 12.6 Å². The fraction of sp³-hybridized carbons (Fsp3) is 0.182. The Bertz CT molecular complexity index is 1320. The van der Waals surface area contributed by atoms with Crippen molar-refractivity contribution in [3.05, 3.63) is 75.7 Å². The van der Waals surface area contributed by atoms with E-state index in [0.29, 0.717) is 27.3 Å². The highest BCUT2D eigenvalue weighted by Gasteiger charge is 2.25. The zero-order valence-electron chi connectivity index (χ0n) is 17.2. The van der Waals surface area contributed by atoms with E-state index < -0.39 is 0 Å². The Morgan fingerprint density at radius 1 is 1.06 bits per heavy atom. The van der Waals surface area contributed by atoms with Crippen LogP contribution in [-0.2, 0) is 11.8 Å². The average molecular weight is 454 g/mol. The monoisotopic (exact) mass is 453 g/mol. The van der Waals surface area contributed by atoms with Crippen molar-refractivity contribution in [3.8, 4) is 22.8 Å². The molecule has 0 aliphatic heterocycles. The van der Waals surface area contributed by atoms with Gasteiger partial charge in [0.15, 0.2) is 11.0 Å². The van der Waals surface area contributed by atoms with Crippen molar-refractivity contribution < 1.29 is 4.79 Å². The normalized spacial score (nSPS) is 11.1. The molecule has 0 spiro atoms. The maximum absolute atomic E-state index is 13.6. The predicted molar refractivity (Wildman–Crippen MR) is 123 cm³/mol. The van der Waals surface area contributed by atoms with Gasteiger partial charge < -0.3 is 0 Å². The first kappa shape index (κ1) is 21.1. The van der Waals surface area contributed by atoms with Gasteiger partial charge in [0.05, 0.1) is 22.2 Å². The summed E-state index contributed by atoms with van der Waals surface area (Å²) in [4.78, 5) is 25.2. The molecule has 0 fully saturated rings. The lowest BCUT2D eigenvalue weighted by Gasteiger charge is -2.09. The maximum atomic E-state index is 13.6. The molecule has 0 atom stereocenters. The number of thioether (sulfide) groups is 1. The molecule has 2 heterocycles. The van der Waals surface area contributed by atoms with Gasteiger partial charge in [0.1, 0.15) is 11.5 Å². The van der Waals surface area contributed by atoms with Crippen LogP contribution in [0.5, 0.6) is 0 Å². The number of aromatic nitrogens is 5. The number of Topliss-reactive ketones (excluding diaryl/α,β-unsaturated/α-hetero) is 1. The second-order valence-electron chi connectivity index (χ2n) is 7.02. The van der Waals surface area contributed by atoms with Crippen LogP contribution in [0.1, 0.15) is 12.6 Å². The van der Waals surface area contributed by atoms with Crippen molar-refractivity contribution >= 4 is 29.1 Å². The summed E-state index contributed by atoms with van der Waals surface area (Å²) in [5.41, 5.74) is 2.32. The summed E-state index contributed by atoms with van der Waals surface area (Å²) in [6, 6.07) is 16.7. The number of hydrogen-bond donors (Lipinski definition) is 0. The second kappa shape index (κ2) is 8.56. The summed E-state index contributed by atoms with van der Waals surface area (Å²) in [5, 5.41) is 9.57. The first-order valence-electron chi connectivity index (χ1n) is 9.57. The number of carbonyl (C=O) groups is 1. The van der Waals surface area contributed by atoms with Gasteiger partial charge in [-0.05, 0) is 38.1 Å². The molecule has 0 bridgehead atoms. The van der Waals surface area contributed by atoms with Crippen LogP contribution >= 0.6 is 23.4 Å². The minimum absolute atomic E-state index is 0.00493. The van der Waals surface area contributed by atoms with Gasteiger partial charge in [0.2, 0.25) is 0 Å². The van der Waals surface area contributed by atoms with E-state index in [1.165, 1.54) is 18.7 Å². The first-order valence-corrected chi connectivity index (χ1v) is 10.9. The summed E-state index contributed by atoms with van der Waals surface area (Å²) >= 11 is 7.68. The molecule has 0 unspecified atom stereocenters. The lowest BCUT2D eigenvalue weighted by molar-refractivity contribution is -0.114. The highest BCUT2D eigenvalue weighted by molar-refractivity contribution is 7.99. The molecule has 0 saturated heterocycles. The third kappa shape index (κ3) is 3.84. The smallest absolute Gasteiger partial charge is 0.296 e. The Labute approximate surface area is 188 Å². The Kier molecular flexibility index (Phi) is 5.84. The highest BCUT2D eigenvalue weighted by atomic mass is 35.5. The highest BCUT2D eigenvalue weighted by Crippen LogP contribution is 2.32. The zero-order valence-corrected chi connectivity index (χ0v) is 18.8. The molecule has 4 aromatic rings. The summed E-state index contributed by atoms with van der Waals surface area (Å²) in [5.74, 6) is 0.673. The Hall–Kier alpha value is -3.10. The number of benzene rings is 2. The van der Waals surface area contributed by atoms with Gasteiger partial charge in [-0.3, -0.25) is 18.8 Å². The van der Waals surface area contributed by atoms with E-state index in [9.17, 15) is 9.59 Å². The number of rotatable bonds is 6. The van der Waals surface area contributed by atoms with E-state index in [-0.39, 0.29) is 17.1 Å². The largest absolute Gasteiger partial charge is 0.299 e. The molecule has 7 nitrogen and oxygen atoms in total. The number of carbonyl (C=O) groups excluding carboxylic acids is 1. The molecule has 158 valence electrons. The van der Waals surface area contributed by atoms with Gasteiger partial charge >= 0.3 is 0 Å². The van der Waals surface area contributed by atoms with E-state index in [1.54, 1.807) is 20.0 Å². The Morgan fingerprint density at radius 2 is 1.74 bits per heavy atom. The van der Waals surface area contributed by atoms with Crippen LogP contribution in [0.2, 0.25) is 5.02 Å². The number of ketones is 1. The number of hydrogen-bond acceptors (Lipinski definition) is 5. The fourth-order valence-corrected chi connectivity index (χ4v) is 4.32.